The molecule has 0 saturated heterocycles. The van der Waals surface area contributed by atoms with Crippen LogP contribution in [0.5, 0.6) is 0 Å². The molecule has 0 bridgehead atoms. The molecule has 4 heterocycles. The van der Waals surface area contributed by atoms with E-state index < -0.39 is 0 Å². The van der Waals surface area contributed by atoms with Crippen molar-refractivity contribution in [3.8, 4) is 17.3 Å². The molecule has 4 aromatic rings. The first-order valence-corrected chi connectivity index (χ1v) is 9.85. The predicted molar refractivity (Wildman–Crippen MR) is 105 cm³/mol. The van der Waals surface area contributed by atoms with Gasteiger partial charge in [-0.05, 0) is 52.4 Å². The first kappa shape index (κ1) is 17.2. The van der Waals surface area contributed by atoms with E-state index in [0.717, 1.165) is 38.9 Å². The number of rotatable bonds is 4. The number of hydrogen-bond donors (Lipinski definition) is 0. The van der Waals surface area contributed by atoms with E-state index in [9.17, 15) is 0 Å². The lowest BCUT2D eigenvalue weighted by Crippen LogP contribution is -2.03. The van der Waals surface area contributed by atoms with Crippen LogP contribution in [0.2, 0.25) is 0 Å². The summed E-state index contributed by atoms with van der Waals surface area (Å²) in [5.74, 6) is 2.43. The quantitative estimate of drug-likeness (QED) is 0.459. The summed E-state index contributed by atoms with van der Waals surface area (Å²) < 4.78 is 4.15. The van der Waals surface area contributed by atoms with Gasteiger partial charge < -0.3 is 4.57 Å². The van der Waals surface area contributed by atoms with Gasteiger partial charge in [0.1, 0.15) is 17.5 Å². The molecule has 0 aliphatic rings. The zero-order chi connectivity index (χ0) is 18.3. The molecule has 0 atom stereocenters. The summed E-state index contributed by atoms with van der Waals surface area (Å²) in [6, 6.07) is 6.03. The van der Waals surface area contributed by atoms with Crippen molar-refractivity contribution in [2.45, 2.75) is 18.7 Å². The van der Waals surface area contributed by atoms with E-state index in [-0.39, 0.29) is 0 Å². The monoisotopic (exact) mass is 429 g/mol. The summed E-state index contributed by atoms with van der Waals surface area (Å²) in [7, 11) is 1.97. The topological polar surface area (TPSA) is 74.3 Å². The molecule has 0 unspecified atom stereocenters. The Kier molecular flexibility index (Phi) is 4.49. The summed E-state index contributed by atoms with van der Waals surface area (Å²) in [4.78, 5) is 19.3. The fourth-order valence-electron chi connectivity index (χ4n) is 2.74. The Labute approximate surface area is 163 Å². The molecule has 0 aliphatic heterocycles. The van der Waals surface area contributed by atoms with E-state index in [1.165, 1.54) is 0 Å². The smallest absolute Gasteiger partial charge is 0.217 e. The molecule has 0 N–H and O–H groups in total. The second-order valence-corrected chi connectivity index (χ2v) is 7.77. The average molecular weight is 430 g/mol. The second-order valence-electron chi connectivity index (χ2n) is 5.76. The van der Waals surface area contributed by atoms with Crippen LogP contribution in [-0.2, 0) is 7.05 Å². The van der Waals surface area contributed by atoms with Gasteiger partial charge in [-0.3, -0.25) is 0 Å². The van der Waals surface area contributed by atoms with Gasteiger partial charge >= 0.3 is 0 Å². The number of halogens is 1. The summed E-state index contributed by atoms with van der Waals surface area (Å²) in [5, 5.41) is 4.28. The molecule has 0 aliphatic carbocycles. The molecule has 0 saturated carbocycles. The fraction of sp³-hybridized carbons (Fsp3) is 0.235. The normalized spacial score (nSPS) is 11.4. The number of pyridine rings is 2. The number of aromatic nitrogens is 7. The van der Waals surface area contributed by atoms with Gasteiger partial charge in [-0.2, -0.15) is 0 Å². The summed E-state index contributed by atoms with van der Waals surface area (Å²) in [6.45, 7) is 4.14. The maximum Gasteiger partial charge on any atom is 0.217 e. The SMILES string of the molecule is CCSc1ccc(-n2cnc(Br)n2)nc1-c1nc2cc(C)cnc2n1C. The first-order chi connectivity index (χ1) is 12.6. The van der Waals surface area contributed by atoms with Gasteiger partial charge in [0.05, 0.1) is 0 Å². The van der Waals surface area contributed by atoms with E-state index in [0.29, 0.717) is 10.6 Å². The van der Waals surface area contributed by atoms with Gasteiger partial charge in [0.15, 0.2) is 17.3 Å². The van der Waals surface area contributed by atoms with Crippen molar-refractivity contribution >= 4 is 38.9 Å². The van der Waals surface area contributed by atoms with Gasteiger partial charge in [-0.15, -0.1) is 16.9 Å². The number of imidazole rings is 1. The van der Waals surface area contributed by atoms with Crippen LogP contribution in [0.25, 0.3) is 28.5 Å². The standard InChI is InChI=1S/C17H16BrN7S/c1-4-26-12-5-6-13(25-9-20-17(18)23-25)22-14(12)16-21-11-7-10(2)8-19-15(11)24(16)3/h5-9H,4H2,1-3H3. The van der Waals surface area contributed by atoms with Crippen molar-refractivity contribution in [3.63, 3.8) is 0 Å². The molecule has 4 rings (SSSR count). The molecule has 7 nitrogen and oxygen atoms in total. The van der Waals surface area contributed by atoms with E-state index in [2.05, 4.69) is 44.0 Å². The van der Waals surface area contributed by atoms with Crippen LogP contribution in [0.1, 0.15) is 12.5 Å². The molecule has 4 aromatic heterocycles. The molecule has 132 valence electrons. The third-order valence-corrected chi connectivity index (χ3v) is 5.19. The van der Waals surface area contributed by atoms with E-state index in [1.54, 1.807) is 22.8 Å². The Bertz CT molecular complexity index is 1100. The van der Waals surface area contributed by atoms with Crippen molar-refractivity contribution in [2.24, 2.45) is 7.05 Å². The van der Waals surface area contributed by atoms with Crippen LogP contribution in [-0.4, -0.2) is 40.0 Å². The molecule has 0 fully saturated rings. The Morgan fingerprint density at radius 1 is 1.19 bits per heavy atom. The number of thioether (sulfide) groups is 1. The minimum absolute atomic E-state index is 0.523. The first-order valence-electron chi connectivity index (χ1n) is 8.07. The molecule has 0 spiro atoms. The molecule has 9 heteroatoms. The number of aryl methyl sites for hydroxylation is 2. The van der Waals surface area contributed by atoms with Crippen LogP contribution in [0.15, 0.2) is 40.4 Å². The van der Waals surface area contributed by atoms with Gasteiger partial charge in [-0.1, -0.05) is 6.92 Å². The average Bonchev–Trinajstić information content (AvgIpc) is 3.19. The van der Waals surface area contributed by atoms with Crippen molar-refractivity contribution in [2.75, 3.05) is 5.75 Å². The van der Waals surface area contributed by atoms with Gasteiger partial charge in [0, 0.05) is 18.1 Å². The number of nitrogens with zero attached hydrogens (tertiary/aromatic N) is 7. The highest BCUT2D eigenvalue weighted by Crippen LogP contribution is 2.31. The maximum absolute atomic E-state index is 4.83. The van der Waals surface area contributed by atoms with Gasteiger partial charge in [0.2, 0.25) is 4.73 Å². The lowest BCUT2D eigenvalue weighted by Gasteiger charge is -2.09. The molecule has 0 aromatic carbocycles. The lowest BCUT2D eigenvalue weighted by molar-refractivity contribution is 0.831. The third kappa shape index (κ3) is 3.01. The highest BCUT2D eigenvalue weighted by Gasteiger charge is 2.17. The minimum atomic E-state index is 0.523. The molecule has 0 radical (unpaired) electrons. The zero-order valence-electron chi connectivity index (χ0n) is 14.5. The number of hydrogen-bond acceptors (Lipinski definition) is 6. The largest absolute Gasteiger partial charge is 0.310 e. The van der Waals surface area contributed by atoms with Crippen LogP contribution < -0.4 is 0 Å². The Balaban J connectivity index is 1.92. The predicted octanol–water partition coefficient (Wildman–Crippen LogP) is 3.79. The zero-order valence-corrected chi connectivity index (χ0v) is 16.9. The van der Waals surface area contributed by atoms with Gasteiger partial charge in [-0.25, -0.2) is 24.6 Å². The number of fused-ring (bicyclic) bond motifs is 1. The summed E-state index contributed by atoms with van der Waals surface area (Å²) in [6.07, 6.45) is 3.48. The van der Waals surface area contributed by atoms with Crippen LogP contribution >= 0.6 is 27.7 Å². The van der Waals surface area contributed by atoms with Crippen LogP contribution in [0.4, 0.5) is 0 Å². The minimum Gasteiger partial charge on any atom is -0.310 e. The Hall–Kier alpha value is -2.26. The van der Waals surface area contributed by atoms with Crippen LogP contribution in [0, 0.1) is 6.92 Å². The van der Waals surface area contributed by atoms with Gasteiger partial charge in [0.25, 0.3) is 0 Å². The fourth-order valence-corrected chi connectivity index (χ4v) is 3.75. The van der Waals surface area contributed by atoms with Crippen molar-refractivity contribution in [1.82, 2.24) is 34.3 Å². The molecule has 26 heavy (non-hydrogen) atoms. The highest BCUT2D eigenvalue weighted by molar-refractivity contribution is 9.10. The molecular formula is C17H16BrN7S. The maximum atomic E-state index is 4.83. The van der Waals surface area contributed by atoms with E-state index >= 15 is 0 Å². The van der Waals surface area contributed by atoms with Crippen molar-refractivity contribution in [3.05, 3.63) is 41.0 Å². The Morgan fingerprint density at radius 2 is 2.04 bits per heavy atom. The molecular weight excluding hydrogens is 414 g/mol. The van der Waals surface area contributed by atoms with E-state index in [4.69, 9.17) is 9.97 Å². The third-order valence-electron chi connectivity index (χ3n) is 3.90. The van der Waals surface area contributed by atoms with Crippen molar-refractivity contribution < 1.29 is 0 Å². The lowest BCUT2D eigenvalue weighted by atomic mass is 10.3. The second kappa shape index (κ2) is 6.81. The Morgan fingerprint density at radius 3 is 2.77 bits per heavy atom. The highest BCUT2D eigenvalue weighted by atomic mass is 79.9. The van der Waals surface area contributed by atoms with Crippen molar-refractivity contribution in [1.29, 1.82) is 0 Å². The molecule has 0 amide bonds. The van der Waals surface area contributed by atoms with Crippen LogP contribution in [0.3, 0.4) is 0 Å². The summed E-state index contributed by atoms with van der Waals surface area (Å²) >= 11 is 5.01. The van der Waals surface area contributed by atoms with E-state index in [1.807, 2.05) is 36.9 Å². The summed E-state index contributed by atoms with van der Waals surface area (Å²) in [5.41, 5.74) is 3.61.